The summed E-state index contributed by atoms with van der Waals surface area (Å²) >= 11 is 0. The van der Waals surface area contributed by atoms with Crippen LogP contribution in [0.15, 0.2) is 34.9 Å². The third kappa shape index (κ3) is 2.73. The molecule has 2 aliphatic rings. The number of carbonyl (C=O) groups is 2. The van der Waals surface area contributed by atoms with E-state index in [1.54, 1.807) is 0 Å². The Morgan fingerprint density at radius 1 is 1.35 bits per heavy atom. The lowest BCUT2D eigenvalue weighted by Gasteiger charge is -2.07. The minimum Gasteiger partial charge on any atom is -0.462 e. The van der Waals surface area contributed by atoms with E-state index >= 15 is 0 Å². The minimum absolute atomic E-state index is 0.194. The summed E-state index contributed by atoms with van der Waals surface area (Å²) in [6.07, 6.45) is 8.83. The van der Waals surface area contributed by atoms with Crippen LogP contribution < -0.4 is 0 Å². The molecule has 0 N–H and O–H groups in total. The summed E-state index contributed by atoms with van der Waals surface area (Å²) in [5, 5.41) is 0. The number of cyclic esters (lactones) is 1. The monoisotopic (exact) mass is 232 g/mol. The molecule has 3 nitrogen and oxygen atoms in total. The molecule has 0 atom stereocenters. The highest BCUT2D eigenvalue weighted by atomic mass is 16.5. The molecular weight excluding hydrogens is 216 g/mol. The van der Waals surface area contributed by atoms with Crippen molar-refractivity contribution in [1.29, 1.82) is 0 Å². The fourth-order valence-corrected chi connectivity index (χ4v) is 2.05. The number of ketones is 1. The first kappa shape index (κ1) is 11.8. The third-order valence-corrected chi connectivity index (χ3v) is 3.11. The number of allylic oxidation sites excluding steroid dienone is 5. The summed E-state index contributed by atoms with van der Waals surface area (Å²) in [7, 11) is 0. The maximum Gasteiger partial charge on any atom is 0.334 e. The molecule has 0 aromatic rings. The zero-order valence-electron chi connectivity index (χ0n) is 9.99. The van der Waals surface area contributed by atoms with Gasteiger partial charge in [0.25, 0.3) is 0 Å². The number of rotatable bonds is 2. The summed E-state index contributed by atoms with van der Waals surface area (Å²) < 4.78 is 4.89. The van der Waals surface area contributed by atoms with Gasteiger partial charge in [-0.05, 0) is 25.3 Å². The van der Waals surface area contributed by atoms with Gasteiger partial charge in [-0.2, -0.15) is 0 Å². The molecule has 0 aromatic carbocycles. The molecule has 3 heteroatoms. The summed E-state index contributed by atoms with van der Waals surface area (Å²) in [6, 6.07) is 0. The van der Waals surface area contributed by atoms with Crippen molar-refractivity contribution in [2.45, 2.75) is 32.6 Å². The number of ether oxygens (including phenoxy) is 1. The molecule has 1 heterocycles. The van der Waals surface area contributed by atoms with E-state index in [0.29, 0.717) is 19.4 Å². The second-order valence-electron chi connectivity index (χ2n) is 4.36. The molecule has 1 saturated heterocycles. The van der Waals surface area contributed by atoms with Gasteiger partial charge < -0.3 is 4.74 Å². The average Bonchev–Trinajstić information content (AvgIpc) is 2.74. The third-order valence-electron chi connectivity index (χ3n) is 3.11. The molecule has 0 spiro atoms. The highest BCUT2D eigenvalue weighted by molar-refractivity contribution is 5.98. The molecule has 0 amide bonds. The van der Waals surface area contributed by atoms with Gasteiger partial charge >= 0.3 is 5.97 Å². The zero-order valence-corrected chi connectivity index (χ0v) is 9.99. The van der Waals surface area contributed by atoms with Crippen molar-refractivity contribution < 1.29 is 14.3 Å². The van der Waals surface area contributed by atoms with E-state index in [-0.39, 0.29) is 11.8 Å². The molecule has 1 fully saturated rings. The van der Waals surface area contributed by atoms with E-state index in [9.17, 15) is 9.59 Å². The molecule has 17 heavy (non-hydrogen) atoms. The fourth-order valence-electron chi connectivity index (χ4n) is 2.05. The van der Waals surface area contributed by atoms with Crippen LogP contribution in [0.3, 0.4) is 0 Å². The normalized spacial score (nSPS) is 23.9. The summed E-state index contributed by atoms with van der Waals surface area (Å²) in [5.74, 6) is -0.0320. The first-order valence-corrected chi connectivity index (χ1v) is 5.97. The maximum atomic E-state index is 11.6. The van der Waals surface area contributed by atoms with Gasteiger partial charge in [-0.25, -0.2) is 4.79 Å². The van der Waals surface area contributed by atoms with E-state index in [1.165, 1.54) is 0 Å². The van der Waals surface area contributed by atoms with Gasteiger partial charge in [-0.15, -0.1) is 0 Å². The van der Waals surface area contributed by atoms with E-state index < -0.39 is 0 Å². The van der Waals surface area contributed by atoms with Crippen LogP contribution in [-0.4, -0.2) is 18.4 Å². The van der Waals surface area contributed by atoms with Crippen LogP contribution in [0.25, 0.3) is 0 Å². The Hall–Kier alpha value is -1.64. The average molecular weight is 232 g/mol. The van der Waals surface area contributed by atoms with Crippen LogP contribution in [0.4, 0.5) is 0 Å². The lowest BCUT2D eigenvalue weighted by atomic mass is 9.97. The van der Waals surface area contributed by atoms with Gasteiger partial charge in [-0.1, -0.05) is 18.2 Å². The van der Waals surface area contributed by atoms with Crippen molar-refractivity contribution in [2.75, 3.05) is 6.61 Å². The van der Waals surface area contributed by atoms with Crippen LogP contribution in [0, 0.1) is 0 Å². The summed E-state index contributed by atoms with van der Waals surface area (Å²) in [5.41, 5.74) is 2.39. The minimum atomic E-state index is -0.226. The maximum absolute atomic E-state index is 11.6. The van der Waals surface area contributed by atoms with Crippen LogP contribution in [0.5, 0.6) is 0 Å². The smallest absolute Gasteiger partial charge is 0.334 e. The lowest BCUT2D eigenvalue weighted by Crippen LogP contribution is -2.04. The van der Waals surface area contributed by atoms with Crippen molar-refractivity contribution in [3.63, 3.8) is 0 Å². The molecule has 0 aromatic heterocycles. The molecule has 2 rings (SSSR count). The van der Waals surface area contributed by atoms with Gasteiger partial charge in [0.1, 0.15) is 0 Å². The van der Waals surface area contributed by atoms with E-state index in [0.717, 1.165) is 29.6 Å². The number of esters is 1. The SMILES string of the molecule is CC(/C=C\C1=CCCCC1=O)=C1\CCOC1=O. The van der Waals surface area contributed by atoms with Crippen LogP contribution in [-0.2, 0) is 14.3 Å². The first-order valence-electron chi connectivity index (χ1n) is 5.97. The number of hydrogen-bond acceptors (Lipinski definition) is 3. The van der Waals surface area contributed by atoms with Crippen LogP contribution >= 0.6 is 0 Å². The van der Waals surface area contributed by atoms with E-state index in [2.05, 4.69) is 0 Å². The molecule has 0 saturated carbocycles. The number of Topliss-reactive ketones (excluding diaryl/α,β-unsaturated/α-hetero) is 1. The molecule has 0 bridgehead atoms. The van der Waals surface area contributed by atoms with Crippen LogP contribution in [0.1, 0.15) is 32.6 Å². The van der Waals surface area contributed by atoms with Crippen molar-refractivity contribution in [1.82, 2.24) is 0 Å². The highest BCUT2D eigenvalue weighted by Gasteiger charge is 2.20. The van der Waals surface area contributed by atoms with Crippen molar-refractivity contribution in [3.05, 3.63) is 34.9 Å². The standard InChI is InChI=1S/C14H16O3/c1-10(12-8-9-17-14(12)16)6-7-11-4-2-3-5-13(11)15/h4,6-7H,2-3,5,8-9H2,1H3/b7-6-,12-10-. The van der Waals surface area contributed by atoms with Crippen molar-refractivity contribution in [3.8, 4) is 0 Å². The predicted molar refractivity (Wildman–Crippen MR) is 64.4 cm³/mol. The lowest BCUT2D eigenvalue weighted by molar-refractivity contribution is -0.135. The van der Waals surface area contributed by atoms with Gasteiger partial charge in [0, 0.05) is 24.0 Å². The van der Waals surface area contributed by atoms with Crippen LogP contribution in [0.2, 0.25) is 0 Å². The molecule has 0 unspecified atom stereocenters. The number of carbonyl (C=O) groups excluding carboxylic acids is 2. The Labute approximate surface area is 101 Å². The summed E-state index contributed by atoms with van der Waals surface area (Å²) in [4.78, 5) is 22.9. The second kappa shape index (κ2) is 5.13. The highest BCUT2D eigenvalue weighted by Crippen LogP contribution is 2.20. The van der Waals surface area contributed by atoms with E-state index in [1.807, 2.05) is 25.2 Å². The van der Waals surface area contributed by atoms with Gasteiger partial charge in [0.05, 0.1) is 6.61 Å². The Morgan fingerprint density at radius 2 is 2.18 bits per heavy atom. The molecular formula is C14H16O3. The molecule has 1 aliphatic heterocycles. The van der Waals surface area contributed by atoms with Gasteiger partial charge in [0.2, 0.25) is 0 Å². The van der Waals surface area contributed by atoms with Gasteiger partial charge in [-0.3, -0.25) is 4.79 Å². The topological polar surface area (TPSA) is 43.4 Å². The molecule has 1 aliphatic carbocycles. The Kier molecular flexibility index (Phi) is 3.57. The Morgan fingerprint density at radius 3 is 2.82 bits per heavy atom. The fraction of sp³-hybridized carbons (Fsp3) is 0.429. The van der Waals surface area contributed by atoms with Crippen molar-refractivity contribution in [2.24, 2.45) is 0 Å². The molecule has 0 radical (unpaired) electrons. The Balaban J connectivity index is 2.13. The largest absolute Gasteiger partial charge is 0.462 e. The second-order valence-corrected chi connectivity index (χ2v) is 4.36. The van der Waals surface area contributed by atoms with E-state index in [4.69, 9.17) is 4.74 Å². The molecule has 90 valence electrons. The van der Waals surface area contributed by atoms with Crippen molar-refractivity contribution >= 4 is 11.8 Å². The Bertz CT molecular complexity index is 438. The zero-order chi connectivity index (χ0) is 12.3. The number of hydrogen-bond donors (Lipinski definition) is 0. The summed E-state index contributed by atoms with van der Waals surface area (Å²) in [6.45, 7) is 2.35. The first-order chi connectivity index (χ1) is 8.18. The van der Waals surface area contributed by atoms with Gasteiger partial charge in [0.15, 0.2) is 5.78 Å². The predicted octanol–water partition coefficient (Wildman–Crippen LogP) is 2.49. The quantitative estimate of drug-likeness (QED) is 0.542.